The van der Waals surface area contributed by atoms with E-state index in [1.54, 1.807) is 0 Å². The summed E-state index contributed by atoms with van der Waals surface area (Å²) in [5, 5.41) is 19.7. The Kier molecular flexibility index (Phi) is 3.60. The zero-order valence-electron chi connectivity index (χ0n) is 8.41. The molecule has 0 bridgehead atoms. The highest BCUT2D eigenvalue weighted by Crippen LogP contribution is 2.26. The van der Waals surface area contributed by atoms with Crippen LogP contribution in [0.4, 0.5) is 5.69 Å². The molecule has 0 aliphatic rings. The van der Waals surface area contributed by atoms with E-state index >= 15 is 0 Å². The third kappa shape index (κ3) is 2.81. The Balaban J connectivity index is 2.99. The zero-order chi connectivity index (χ0) is 12.1. The summed E-state index contributed by atoms with van der Waals surface area (Å²) < 4.78 is 4.36. The van der Waals surface area contributed by atoms with Gasteiger partial charge in [-0.15, -0.1) is 0 Å². The first kappa shape index (κ1) is 11.7. The largest absolute Gasteiger partial charge is 0.502 e. The highest BCUT2D eigenvalue weighted by molar-refractivity contribution is 5.87. The first-order chi connectivity index (χ1) is 7.54. The van der Waals surface area contributed by atoms with Crippen molar-refractivity contribution in [2.45, 2.75) is 0 Å². The Labute approximate surface area is 90.9 Å². The van der Waals surface area contributed by atoms with Crippen molar-refractivity contribution in [3.8, 4) is 5.75 Å². The summed E-state index contributed by atoms with van der Waals surface area (Å²) in [6.45, 7) is 0. The Morgan fingerprint density at radius 3 is 2.81 bits per heavy atom. The van der Waals surface area contributed by atoms with Crippen molar-refractivity contribution < 1.29 is 19.6 Å². The molecule has 6 nitrogen and oxygen atoms in total. The van der Waals surface area contributed by atoms with Crippen molar-refractivity contribution >= 4 is 17.7 Å². The number of hydrogen-bond donors (Lipinski definition) is 1. The van der Waals surface area contributed by atoms with Gasteiger partial charge in [-0.1, -0.05) is 6.07 Å². The maximum absolute atomic E-state index is 10.8. The van der Waals surface area contributed by atoms with Gasteiger partial charge in [-0.05, 0) is 17.7 Å². The molecule has 84 valence electrons. The minimum Gasteiger partial charge on any atom is -0.502 e. The number of esters is 1. The Morgan fingerprint density at radius 1 is 1.56 bits per heavy atom. The number of nitrogens with zero attached hydrogens (tertiary/aromatic N) is 1. The molecule has 0 aliphatic carbocycles. The van der Waals surface area contributed by atoms with Gasteiger partial charge in [-0.2, -0.15) is 0 Å². The van der Waals surface area contributed by atoms with Crippen LogP contribution in [0.2, 0.25) is 0 Å². The van der Waals surface area contributed by atoms with Gasteiger partial charge in [-0.3, -0.25) is 10.1 Å². The summed E-state index contributed by atoms with van der Waals surface area (Å²) >= 11 is 0. The SMILES string of the molecule is COC(=O)/C=C/c1ccc(O)c([N+](=O)[O-])c1. The molecule has 1 rings (SSSR count). The summed E-state index contributed by atoms with van der Waals surface area (Å²) in [6, 6.07) is 3.80. The van der Waals surface area contributed by atoms with Gasteiger partial charge in [0.1, 0.15) is 0 Å². The fourth-order valence-electron chi connectivity index (χ4n) is 1.02. The maximum atomic E-state index is 10.8. The van der Waals surface area contributed by atoms with Crippen molar-refractivity contribution in [3.05, 3.63) is 40.0 Å². The molecule has 1 N–H and O–H groups in total. The smallest absolute Gasteiger partial charge is 0.330 e. The average Bonchev–Trinajstić information content (AvgIpc) is 2.27. The summed E-state index contributed by atoms with van der Waals surface area (Å²) in [7, 11) is 1.23. The van der Waals surface area contributed by atoms with Crippen LogP contribution in [0, 0.1) is 10.1 Å². The molecule has 0 spiro atoms. The van der Waals surface area contributed by atoms with Crippen molar-refractivity contribution in [1.82, 2.24) is 0 Å². The molecule has 0 heterocycles. The van der Waals surface area contributed by atoms with Gasteiger partial charge < -0.3 is 9.84 Å². The first-order valence-corrected chi connectivity index (χ1v) is 4.28. The van der Waals surface area contributed by atoms with Gasteiger partial charge >= 0.3 is 11.7 Å². The number of rotatable bonds is 3. The third-order valence-electron chi connectivity index (χ3n) is 1.81. The monoisotopic (exact) mass is 223 g/mol. The summed E-state index contributed by atoms with van der Waals surface area (Å²) in [5.74, 6) is -0.976. The van der Waals surface area contributed by atoms with E-state index in [1.165, 1.54) is 25.3 Å². The highest BCUT2D eigenvalue weighted by atomic mass is 16.6. The highest BCUT2D eigenvalue weighted by Gasteiger charge is 2.12. The number of phenols is 1. The van der Waals surface area contributed by atoms with Crippen molar-refractivity contribution in [2.75, 3.05) is 7.11 Å². The summed E-state index contributed by atoms with van der Waals surface area (Å²) in [4.78, 5) is 20.6. The van der Waals surface area contributed by atoms with E-state index < -0.39 is 22.3 Å². The number of carbonyl (C=O) groups excluding carboxylic acids is 1. The van der Waals surface area contributed by atoms with Crippen LogP contribution in [0.3, 0.4) is 0 Å². The molecule has 0 aromatic heterocycles. The van der Waals surface area contributed by atoms with Crippen LogP contribution >= 0.6 is 0 Å². The van der Waals surface area contributed by atoms with Crippen LogP contribution in [-0.4, -0.2) is 23.1 Å². The molecule has 0 amide bonds. The quantitative estimate of drug-likeness (QED) is 0.363. The Hall–Kier alpha value is -2.37. The summed E-state index contributed by atoms with van der Waals surface area (Å²) in [6.07, 6.45) is 2.49. The molecular weight excluding hydrogens is 214 g/mol. The van der Waals surface area contributed by atoms with Crippen LogP contribution in [0.25, 0.3) is 6.08 Å². The zero-order valence-corrected chi connectivity index (χ0v) is 8.41. The molecule has 1 aromatic carbocycles. The number of nitro benzene ring substituents is 1. The number of ether oxygens (including phenoxy) is 1. The number of nitro groups is 1. The van der Waals surface area contributed by atoms with E-state index in [-0.39, 0.29) is 0 Å². The van der Waals surface area contributed by atoms with Gasteiger partial charge in [0.2, 0.25) is 0 Å². The van der Waals surface area contributed by atoms with E-state index in [1.807, 2.05) is 0 Å². The Morgan fingerprint density at radius 2 is 2.25 bits per heavy atom. The van der Waals surface area contributed by atoms with Crippen LogP contribution in [-0.2, 0) is 9.53 Å². The van der Waals surface area contributed by atoms with Crippen LogP contribution in [0.15, 0.2) is 24.3 Å². The van der Waals surface area contributed by atoms with Crippen molar-refractivity contribution in [1.29, 1.82) is 0 Å². The molecule has 1 aromatic rings. The first-order valence-electron chi connectivity index (χ1n) is 4.28. The third-order valence-corrected chi connectivity index (χ3v) is 1.81. The second-order valence-corrected chi connectivity index (χ2v) is 2.86. The van der Waals surface area contributed by atoms with E-state index in [0.717, 1.165) is 12.1 Å². The molecule has 0 unspecified atom stereocenters. The molecule has 0 aliphatic heterocycles. The van der Waals surface area contributed by atoms with E-state index in [0.29, 0.717) is 5.56 Å². The lowest BCUT2D eigenvalue weighted by molar-refractivity contribution is -0.385. The predicted octanol–water partition coefficient (Wildman–Crippen LogP) is 1.49. The fraction of sp³-hybridized carbons (Fsp3) is 0.100. The molecule has 16 heavy (non-hydrogen) atoms. The number of benzene rings is 1. The lowest BCUT2D eigenvalue weighted by Crippen LogP contribution is -1.93. The van der Waals surface area contributed by atoms with Gasteiger partial charge in [0.25, 0.3) is 0 Å². The number of methoxy groups -OCH3 is 1. The van der Waals surface area contributed by atoms with Crippen LogP contribution < -0.4 is 0 Å². The lowest BCUT2D eigenvalue weighted by atomic mass is 10.2. The van der Waals surface area contributed by atoms with Crippen molar-refractivity contribution in [2.24, 2.45) is 0 Å². The molecule has 0 fully saturated rings. The minimum absolute atomic E-state index is 0.410. The second kappa shape index (κ2) is 4.92. The standard InChI is InChI=1S/C10H9NO5/c1-16-10(13)5-3-7-2-4-9(12)8(6-7)11(14)15/h2-6,12H,1H3/b5-3+. The molecule has 0 saturated carbocycles. The summed E-state index contributed by atoms with van der Waals surface area (Å²) in [5.41, 5.74) is 0.0157. The predicted molar refractivity (Wildman–Crippen MR) is 55.8 cm³/mol. The normalized spacial score (nSPS) is 10.3. The topological polar surface area (TPSA) is 89.7 Å². The van der Waals surface area contributed by atoms with Gasteiger partial charge in [0.15, 0.2) is 5.75 Å². The molecular formula is C10H9NO5. The number of hydrogen-bond acceptors (Lipinski definition) is 5. The number of phenolic OH excluding ortho intramolecular Hbond substituents is 1. The maximum Gasteiger partial charge on any atom is 0.330 e. The van der Waals surface area contributed by atoms with Gasteiger partial charge in [0, 0.05) is 12.1 Å². The van der Waals surface area contributed by atoms with Gasteiger partial charge in [0.05, 0.1) is 12.0 Å². The molecule has 0 atom stereocenters. The molecule has 0 radical (unpaired) electrons. The lowest BCUT2D eigenvalue weighted by Gasteiger charge is -1.97. The average molecular weight is 223 g/mol. The van der Waals surface area contributed by atoms with E-state index in [9.17, 15) is 20.0 Å². The van der Waals surface area contributed by atoms with Crippen LogP contribution in [0.5, 0.6) is 5.75 Å². The van der Waals surface area contributed by atoms with Crippen LogP contribution in [0.1, 0.15) is 5.56 Å². The van der Waals surface area contributed by atoms with Crippen molar-refractivity contribution in [3.63, 3.8) is 0 Å². The number of aromatic hydroxyl groups is 1. The van der Waals surface area contributed by atoms with E-state index in [4.69, 9.17) is 0 Å². The van der Waals surface area contributed by atoms with Gasteiger partial charge in [-0.25, -0.2) is 4.79 Å². The second-order valence-electron chi connectivity index (χ2n) is 2.86. The fourth-order valence-corrected chi connectivity index (χ4v) is 1.02. The molecule has 6 heteroatoms. The molecule has 0 saturated heterocycles. The number of carbonyl (C=O) groups is 1. The van der Waals surface area contributed by atoms with E-state index in [2.05, 4.69) is 4.74 Å². The minimum atomic E-state index is -0.704. The Bertz CT molecular complexity index is 453.